The van der Waals surface area contributed by atoms with Crippen molar-refractivity contribution in [2.45, 2.75) is 13.8 Å². The molecule has 0 saturated carbocycles. The first kappa shape index (κ1) is 15.6. The minimum atomic E-state index is -0.0155. The molecule has 0 unspecified atom stereocenters. The fraction of sp³-hybridized carbons (Fsp3) is 0.235. The third-order valence-corrected chi connectivity index (χ3v) is 4.98. The number of likely N-dealkylation sites (N-methyl/N-ethyl adjacent to an activating group) is 1. The second-order valence-corrected chi connectivity index (χ2v) is 6.34. The molecule has 5 nitrogen and oxygen atoms in total. The zero-order valence-corrected chi connectivity index (χ0v) is 14.4. The Morgan fingerprint density at radius 3 is 2.70 bits per heavy atom. The van der Waals surface area contributed by atoms with Crippen LogP contribution in [0.25, 0.3) is 11.9 Å². The van der Waals surface area contributed by atoms with Gasteiger partial charge in [-0.25, -0.2) is 4.98 Å². The van der Waals surface area contributed by atoms with Gasteiger partial charge in [0, 0.05) is 31.7 Å². The van der Waals surface area contributed by atoms with Gasteiger partial charge in [-0.1, -0.05) is 6.07 Å². The van der Waals surface area contributed by atoms with Crippen molar-refractivity contribution in [3.05, 3.63) is 52.3 Å². The van der Waals surface area contributed by atoms with E-state index in [-0.39, 0.29) is 5.91 Å². The fourth-order valence-electron chi connectivity index (χ4n) is 2.66. The molecule has 1 aliphatic heterocycles. The Morgan fingerprint density at radius 2 is 2.09 bits per heavy atom. The smallest absolute Gasteiger partial charge is 0.266 e. The van der Waals surface area contributed by atoms with Crippen molar-refractivity contribution in [3.8, 4) is 5.82 Å². The molecule has 2 aromatic rings. The van der Waals surface area contributed by atoms with Gasteiger partial charge >= 0.3 is 0 Å². The van der Waals surface area contributed by atoms with Crippen molar-refractivity contribution >= 4 is 28.9 Å². The van der Waals surface area contributed by atoms with Crippen LogP contribution in [-0.2, 0) is 4.79 Å². The van der Waals surface area contributed by atoms with E-state index in [1.54, 1.807) is 25.2 Å². The number of aliphatic imine (C=N–C) groups is 1. The van der Waals surface area contributed by atoms with E-state index in [1.165, 1.54) is 11.8 Å². The number of carbonyl (C=O) groups is 1. The van der Waals surface area contributed by atoms with Gasteiger partial charge in [-0.3, -0.25) is 14.7 Å². The molecule has 1 saturated heterocycles. The fourth-order valence-corrected chi connectivity index (χ4v) is 3.58. The Bertz CT molecular complexity index is 821. The predicted molar refractivity (Wildman–Crippen MR) is 94.7 cm³/mol. The lowest BCUT2D eigenvalue weighted by molar-refractivity contribution is -0.121. The van der Waals surface area contributed by atoms with E-state index in [2.05, 4.69) is 20.6 Å². The van der Waals surface area contributed by atoms with E-state index in [1.807, 2.05) is 38.1 Å². The molecule has 1 amide bonds. The molecule has 0 N–H and O–H groups in total. The van der Waals surface area contributed by atoms with Gasteiger partial charge in [0.05, 0.1) is 4.91 Å². The molecule has 3 rings (SSSR count). The number of pyridine rings is 1. The number of thioether (sulfide) groups is 1. The van der Waals surface area contributed by atoms with Gasteiger partial charge in [0.2, 0.25) is 0 Å². The quantitative estimate of drug-likeness (QED) is 0.797. The standard InChI is InChI=1S/C17H18N4OS/c1-11-9-13(10-14-16(22)20(4)17(18-3)23-14)12(2)21(11)15-7-5-6-8-19-15/h5-10H,1-4H3/b14-10-,18-17?. The van der Waals surface area contributed by atoms with Crippen molar-refractivity contribution < 1.29 is 4.79 Å². The summed E-state index contributed by atoms with van der Waals surface area (Å²) in [7, 11) is 3.44. The van der Waals surface area contributed by atoms with Crippen LogP contribution in [0.2, 0.25) is 0 Å². The molecule has 0 spiro atoms. The molecular formula is C17H18N4OS. The maximum atomic E-state index is 12.3. The normalized spacial score (nSPS) is 18.4. The second kappa shape index (κ2) is 6.04. The van der Waals surface area contributed by atoms with Crippen LogP contribution in [0.1, 0.15) is 17.0 Å². The lowest BCUT2D eigenvalue weighted by atomic mass is 10.2. The van der Waals surface area contributed by atoms with Crippen molar-refractivity contribution in [1.29, 1.82) is 0 Å². The highest BCUT2D eigenvalue weighted by Crippen LogP contribution is 2.32. The van der Waals surface area contributed by atoms with Crippen molar-refractivity contribution in [2.24, 2.45) is 4.99 Å². The summed E-state index contributed by atoms with van der Waals surface area (Å²) in [5, 5.41) is 0.722. The first-order chi connectivity index (χ1) is 11.0. The Kier molecular flexibility index (Phi) is 4.09. The average Bonchev–Trinajstić information content (AvgIpc) is 2.99. The molecule has 118 valence electrons. The number of amides is 1. The largest absolute Gasteiger partial charge is 0.303 e. The first-order valence-electron chi connectivity index (χ1n) is 7.27. The Morgan fingerprint density at radius 1 is 1.30 bits per heavy atom. The van der Waals surface area contributed by atoms with Crippen molar-refractivity contribution in [3.63, 3.8) is 0 Å². The molecule has 6 heteroatoms. The number of aromatic nitrogens is 2. The van der Waals surface area contributed by atoms with Crippen molar-refractivity contribution in [2.75, 3.05) is 14.1 Å². The van der Waals surface area contributed by atoms with E-state index >= 15 is 0 Å². The highest BCUT2D eigenvalue weighted by molar-refractivity contribution is 8.18. The molecule has 0 aromatic carbocycles. The van der Waals surface area contributed by atoms with Gasteiger partial charge < -0.3 is 4.57 Å². The van der Waals surface area contributed by atoms with Gasteiger partial charge in [-0.15, -0.1) is 0 Å². The lowest BCUT2D eigenvalue weighted by Gasteiger charge is -2.07. The van der Waals surface area contributed by atoms with E-state index in [0.717, 1.165) is 27.9 Å². The van der Waals surface area contributed by atoms with Gasteiger partial charge in [0.15, 0.2) is 5.17 Å². The minimum Gasteiger partial charge on any atom is -0.303 e. The molecule has 2 aromatic heterocycles. The van der Waals surface area contributed by atoms with Gasteiger partial charge in [0.1, 0.15) is 5.82 Å². The molecule has 1 fully saturated rings. The Hall–Kier alpha value is -2.34. The summed E-state index contributed by atoms with van der Waals surface area (Å²) < 4.78 is 2.09. The number of amidine groups is 1. The van der Waals surface area contributed by atoms with Crippen LogP contribution in [0.4, 0.5) is 0 Å². The summed E-state index contributed by atoms with van der Waals surface area (Å²) in [5.41, 5.74) is 3.17. The summed E-state index contributed by atoms with van der Waals surface area (Å²) in [5.74, 6) is 0.865. The molecule has 3 heterocycles. The maximum Gasteiger partial charge on any atom is 0.266 e. The summed E-state index contributed by atoms with van der Waals surface area (Å²) in [6.07, 6.45) is 3.71. The van der Waals surface area contributed by atoms with Crippen molar-refractivity contribution in [1.82, 2.24) is 14.5 Å². The summed E-state index contributed by atoms with van der Waals surface area (Å²) in [4.78, 5) is 23.1. The third kappa shape index (κ3) is 2.70. The second-order valence-electron chi connectivity index (χ2n) is 5.33. The Balaban J connectivity index is 2.03. The molecule has 23 heavy (non-hydrogen) atoms. The molecule has 0 aliphatic carbocycles. The number of hydrogen-bond acceptors (Lipinski definition) is 4. The zero-order valence-electron chi connectivity index (χ0n) is 13.6. The van der Waals surface area contributed by atoms with Crippen LogP contribution in [-0.4, -0.2) is 39.6 Å². The van der Waals surface area contributed by atoms with Gasteiger partial charge in [-0.05, 0) is 55.4 Å². The van der Waals surface area contributed by atoms with Gasteiger partial charge in [0.25, 0.3) is 5.91 Å². The number of aryl methyl sites for hydroxylation is 1. The van der Waals surface area contributed by atoms with Gasteiger partial charge in [-0.2, -0.15) is 0 Å². The van der Waals surface area contributed by atoms with Crippen LogP contribution in [0.5, 0.6) is 0 Å². The van der Waals surface area contributed by atoms with Crippen LogP contribution in [0.15, 0.2) is 40.4 Å². The first-order valence-corrected chi connectivity index (χ1v) is 8.09. The number of hydrogen-bond donors (Lipinski definition) is 0. The van der Waals surface area contributed by atoms with Crippen LogP contribution >= 0.6 is 11.8 Å². The number of rotatable bonds is 2. The number of carbonyl (C=O) groups excluding carboxylic acids is 1. The summed E-state index contributed by atoms with van der Waals surface area (Å²) in [6, 6.07) is 7.92. The number of nitrogens with zero attached hydrogens (tertiary/aromatic N) is 4. The van der Waals surface area contributed by atoms with Crippen LogP contribution in [0, 0.1) is 13.8 Å². The highest BCUT2D eigenvalue weighted by atomic mass is 32.2. The third-order valence-electron chi connectivity index (χ3n) is 3.83. The Labute approximate surface area is 139 Å². The summed E-state index contributed by atoms with van der Waals surface area (Å²) in [6.45, 7) is 4.08. The molecule has 0 bridgehead atoms. The predicted octanol–water partition coefficient (Wildman–Crippen LogP) is 3.02. The zero-order chi connectivity index (χ0) is 16.6. The topological polar surface area (TPSA) is 50.5 Å². The molecule has 0 radical (unpaired) electrons. The minimum absolute atomic E-state index is 0.0155. The monoisotopic (exact) mass is 326 g/mol. The van der Waals surface area contributed by atoms with E-state index in [4.69, 9.17) is 0 Å². The van der Waals surface area contributed by atoms with Crippen LogP contribution in [0.3, 0.4) is 0 Å². The SMILES string of the molecule is CN=C1S/C(=C\c2cc(C)n(-c3ccccn3)c2C)C(=O)N1C. The molecule has 1 aliphatic rings. The lowest BCUT2D eigenvalue weighted by Crippen LogP contribution is -2.23. The molecular weight excluding hydrogens is 308 g/mol. The highest BCUT2D eigenvalue weighted by Gasteiger charge is 2.30. The molecule has 0 atom stereocenters. The van der Waals surface area contributed by atoms with E-state index in [0.29, 0.717) is 4.91 Å². The maximum absolute atomic E-state index is 12.3. The van der Waals surface area contributed by atoms with E-state index in [9.17, 15) is 4.79 Å². The van der Waals surface area contributed by atoms with E-state index < -0.39 is 0 Å². The average molecular weight is 326 g/mol. The van der Waals surface area contributed by atoms with Crippen LogP contribution < -0.4 is 0 Å². The summed E-state index contributed by atoms with van der Waals surface area (Å²) >= 11 is 1.40.